The molecule has 1 atom stereocenters. The zero-order chi connectivity index (χ0) is 14.9. The second-order valence-corrected chi connectivity index (χ2v) is 7.55. The van der Waals surface area contributed by atoms with E-state index in [1.165, 1.54) is 12.1 Å². The highest BCUT2D eigenvalue weighted by Gasteiger charge is 2.42. The summed E-state index contributed by atoms with van der Waals surface area (Å²) in [5, 5.41) is 4.21. The minimum absolute atomic E-state index is 0.238. The number of amides is 1. The van der Waals surface area contributed by atoms with Gasteiger partial charge in [-0.25, -0.2) is 4.39 Å². The van der Waals surface area contributed by atoms with E-state index in [1.54, 1.807) is 12.1 Å². The fraction of sp³-hybridized carbons (Fsp3) is 0.312. The van der Waals surface area contributed by atoms with Crippen molar-refractivity contribution in [1.29, 1.82) is 0 Å². The Balaban J connectivity index is 1.89. The molecule has 2 N–H and O–H groups in total. The molecule has 2 heterocycles. The van der Waals surface area contributed by atoms with E-state index in [-0.39, 0.29) is 11.7 Å². The number of hydrogen-bond acceptors (Lipinski definition) is 2. The number of rotatable bonds is 3. The highest BCUT2D eigenvalue weighted by atomic mass is 32.2. The van der Waals surface area contributed by atoms with Crippen molar-refractivity contribution in [1.82, 2.24) is 0 Å². The van der Waals surface area contributed by atoms with Gasteiger partial charge in [0, 0.05) is 13.2 Å². The number of allylic oxidation sites excluding steroid dienone is 2. The van der Waals surface area contributed by atoms with Crippen LogP contribution in [0, 0.1) is 5.82 Å². The molecule has 112 valence electrons. The van der Waals surface area contributed by atoms with E-state index >= 15 is 0 Å². The van der Waals surface area contributed by atoms with Crippen molar-refractivity contribution in [3.63, 3.8) is 0 Å². The molecule has 1 amide bonds. The maximum Gasteiger partial charge on any atom is 0.232 e. The first kappa shape index (κ1) is 14.4. The number of carbonyl (C=O) groups is 1. The van der Waals surface area contributed by atoms with Gasteiger partial charge in [-0.1, -0.05) is 12.1 Å². The molecular formula is C16H18FNO2S. The monoisotopic (exact) mass is 307 g/mol. The van der Waals surface area contributed by atoms with Crippen LogP contribution >= 0.6 is 10.9 Å². The van der Waals surface area contributed by atoms with Crippen molar-refractivity contribution >= 4 is 22.4 Å². The molecule has 2 aliphatic rings. The van der Waals surface area contributed by atoms with Crippen molar-refractivity contribution in [2.75, 3.05) is 13.2 Å². The van der Waals surface area contributed by atoms with Crippen LogP contribution in [0.2, 0.25) is 0 Å². The maximum atomic E-state index is 13.0. The molecule has 1 fully saturated rings. The predicted molar refractivity (Wildman–Crippen MR) is 84.5 cm³/mol. The van der Waals surface area contributed by atoms with Crippen molar-refractivity contribution in [2.24, 2.45) is 5.73 Å². The number of carbonyl (C=O) groups excluding carboxylic acids is 1. The average molecular weight is 307 g/mol. The van der Waals surface area contributed by atoms with E-state index in [0.29, 0.717) is 26.1 Å². The van der Waals surface area contributed by atoms with Crippen molar-refractivity contribution < 1.29 is 13.9 Å². The number of nitrogens with two attached hydrogens (primary N) is 1. The van der Waals surface area contributed by atoms with Gasteiger partial charge in [0.15, 0.2) is 0 Å². The Labute approximate surface area is 126 Å². The summed E-state index contributed by atoms with van der Waals surface area (Å²) in [6.45, 7) is 1.16. The third kappa shape index (κ3) is 2.63. The zero-order valence-electron chi connectivity index (χ0n) is 11.6. The van der Waals surface area contributed by atoms with E-state index in [2.05, 4.69) is 10.8 Å². The van der Waals surface area contributed by atoms with E-state index in [0.717, 1.165) is 11.1 Å². The third-order valence-corrected chi connectivity index (χ3v) is 6.83. The Hall–Kier alpha value is -1.59. The fourth-order valence-corrected chi connectivity index (χ4v) is 5.24. The minimum atomic E-state index is -0.748. The van der Waals surface area contributed by atoms with E-state index in [9.17, 15) is 9.18 Å². The number of hydrogen-bond donors (Lipinski definition) is 2. The fourth-order valence-electron chi connectivity index (χ4n) is 2.82. The normalized spacial score (nSPS) is 25.6. The lowest BCUT2D eigenvalue weighted by Crippen LogP contribution is -2.46. The first-order valence-electron chi connectivity index (χ1n) is 6.94. The molecule has 0 aliphatic carbocycles. The van der Waals surface area contributed by atoms with E-state index < -0.39 is 15.6 Å². The number of primary amides is 1. The van der Waals surface area contributed by atoms with Crippen LogP contribution in [0.4, 0.5) is 4.39 Å². The SMILES string of the molecule is NC(=O)C1([SH]2C=CC(c3ccc(F)cc3)=C2)CCOCC1. The summed E-state index contributed by atoms with van der Waals surface area (Å²) >= 11 is 0. The zero-order valence-corrected chi connectivity index (χ0v) is 12.5. The van der Waals surface area contributed by atoms with Crippen LogP contribution in [0.15, 0.2) is 41.2 Å². The summed E-state index contributed by atoms with van der Waals surface area (Å²) in [4.78, 5) is 12.0. The van der Waals surface area contributed by atoms with Gasteiger partial charge in [-0.15, -0.1) is 0 Å². The van der Waals surface area contributed by atoms with Crippen LogP contribution in [-0.4, -0.2) is 23.9 Å². The molecule has 3 nitrogen and oxygen atoms in total. The second kappa shape index (κ2) is 5.66. The largest absolute Gasteiger partial charge is 0.381 e. The number of halogens is 1. The van der Waals surface area contributed by atoms with Crippen LogP contribution < -0.4 is 5.73 Å². The molecule has 1 aromatic rings. The molecule has 0 spiro atoms. The first-order valence-corrected chi connectivity index (χ1v) is 8.42. The summed E-state index contributed by atoms with van der Waals surface area (Å²) in [5.74, 6) is -0.486. The molecule has 2 aliphatic heterocycles. The average Bonchev–Trinajstić information content (AvgIpc) is 2.99. The maximum absolute atomic E-state index is 13.0. The molecular weight excluding hydrogens is 289 g/mol. The van der Waals surface area contributed by atoms with Gasteiger partial charge in [-0.3, -0.25) is 4.79 Å². The summed E-state index contributed by atoms with van der Waals surface area (Å²) in [5.41, 5.74) is 7.69. The van der Waals surface area contributed by atoms with Crippen LogP contribution in [0.1, 0.15) is 18.4 Å². The lowest BCUT2D eigenvalue weighted by Gasteiger charge is -2.39. The van der Waals surface area contributed by atoms with Crippen molar-refractivity contribution in [2.45, 2.75) is 17.6 Å². The van der Waals surface area contributed by atoms with Crippen molar-refractivity contribution in [3.05, 3.63) is 52.5 Å². The lowest BCUT2D eigenvalue weighted by molar-refractivity contribution is -0.122. The summed E-state index contributed by atoms with van der Waals surface area (Å²) in [6, 6.07) is 6.41. The molecule has 5 heteroatoms. The first-order chi connectivity index (χ1) is 10.1. The molecule has 0 bridgehead atoms. The van der Waals surface area contributed by atoms with Gasteiger partial charge in [0.05, 0.1) is 4.75 Å². The number of ether oxygens (including phenoxy) is 1. The smallest absolute Gasteiger partial charge is 0.232 e. The van der Waals surface area contributed by atoms with Gasteiger partial charge in [0.25, 0.3) is 0 Å². The Morgan fingerprint density at radius 3 is 2.52 bits per heavy atom. The Morgan fingerprint density at radius 1 is 1.24 bits per heavy atom. The van der Waals surface area contributed by atoms with E-state index in [1.807, 2.05) is 6.08 Å². The van der Waals surface area contributed by atoms with Gasteiger partial charge in [0.2, 0.25) is 5.91 Å². The van der Waals surface area contributed by atoms with Crippen molar-refractivity contribution in [3.8, 4) is 0 Å². The summed E-state index contributed by atoms with van der Waals surface area (Å²) in [6.07, 6.45) is 3.36. The standard InChI is InChI=1S/C16H18FNO2S/c17-14-3-1-12(2-4-14)13-5-10-21(11-13)16(15(18)19)6-8-20-9-7-16/h1-5,10-11,21H,6-9H2,(H2,18,19). The second-order valence-electron chi connectivity index (χ2n) is 5.32. The molecule has 21 heavy (non-hydrogen) atoms. The van der Waals surface area contributed by atoms with Crippen LogP contribution in [0.3, 0.4) is 0 Å². The van der Waals surface area contributed by atoms with E-state index in [4.69, 9.17) is 10.5 Å². The number of benzene rings is 1. The molecule has 0 radical (unpaired) electrons. The van der Waals surface area contributed by atoms with Gasteiger partial charge in [0.1, 0.15) is 5.82 Å². The Morgan fingerprint density at radius 2 is 1.90 bits per heavy atom. The molecule has 1 saturated heterocycles. The third-order valence-electron chi connectivity index (χ3n) is 4.14. The summed E-state index contributed by atoms with van der Waals surface area (Å²) in [7, 11) is -0.748. The Kier molecular flexibility index (Phi) is 3.87. The van der Waals surface area contributed by atoms with Crippen LogP contribution in [0.25, 0.3) is 5.57 Å². The molecule has 1 aromatic carbocycles. The molecule has 3 rings (SSSR count). The quantitative estimate of drug-likeness (QED) is 0.844. The Bertz CT molecular complexity index is 603. The molecule has 1 unspecified atom stereocenters. The highest BCUT2D eigenvalue weighted by Crippen LogP contribution is 2.54. The molecule has 0 saturated carbocycles. The minimum Gasteiger partial charge on any atom is -0.381 e. The van der Waals surface area contributed by atoms with Gasteiger partial charge < -0.3 is 10.5 Å². The predicted octanol–water partition coefficient (Wildman–Crippen LogP) is 2.73. The lowest BCUT2D eigenvalue weighted by atomic mass is 9.98. The summed E-state index contributed by atoms with van der Waals surface area (Å²) < 4.78 is 17.9. The molecule has 0 aromatic heterocycles. The van der Waals surface area contributed by atoms with Gasteiger partial charge in [-0.2, -0.15) is 10.9 Å². The van der Waals surface area contributed by atoms with Crippen LogP contribution in [0.5, 0.6) is 0 Å². The van der Waals surface area contributed by atoms with Crippen LogP contribution in [-0.2, 0) is 9.53 Å². The van der Waals surface area contributed by atoms with Gasteiger partial charge >= 0.3 is 0 Å². The number of thiol groups is 1. The highest BCUT2D eigenvalue weighted by molar-refractivity contribution is 8.24. The van der Waals surface area contributed by atoms with Gasteiger partial charge in [-0.05, 0) is 53.0 Å². The topological polar surface area (TPSA) is 52.3 Å².